The number of rotatable bonds is 9. The summed E-state index contributed by atoms with van der Waals surface area (Å²) in [4.78, 5) is 27.6. The molecule has 7 nitrogen and oxygen atoms in total. The quantitative estimate of drug-likeness (QED) is 0.302. The molecule has 0 bridgehead atoms. The first-order chi connectivity index (χ1) is 16.2. The Morgan fingerprint density at radius 3 is 2.44 bits per heavy atom. The van der Waals surface area contributed by atoms with E-state index in [1.807, 2.05) is 27.7 Å². The molecule has 0 aromatic heterocycles. The Morgan fingerprint density at radius 1 is 1.09 bits per heavy atom. The molecule has 7 heteroatoms. The van der Waals surface area contributed by atoms with Crippen LogP contribution in [0.1, 0.15) is 63.3 Å². The Balaban J connectivity index is 2.15. The minimum Gasteiger partial charge on any atom is -0.507 e. The number of carbonyl (C=O) groups is 2. The fourth-order valence-corrected chi connectivity index (χ4v) is 4.10. The molecule has 0 saturated carbocycles. The molecule has 0 aliphatic carbocycles. The molecule has 182 valence electrons. The van der Waals surface area contributed by atoms with E-state index in [-0.39, 0.29) is 28.9 Å². The van der Waals surface area contributed by atoms with E-state index in [0.29, 0.717) is 36.4 Å². The molecule has 0 radical (unpaired) electrons. The highest BCUT2D eigenvalue weighted by molar-refractivity contribution is 6.46. The van der Waals surface area contributed by atoms with Crippen LogP contribution in [0, 0.1) is 6.92 Å². The normalized spacial score (nSPS) is 17.5. The van der Waals surface area contributed by atoms with Crippen molar-refractivity contribution in [1.29, 1.82) is 0 Å². The lowest BCUT2D eigenvalue weighted by Crippen LogP contribution is -2.30. The predicted molar refractivity (Wildman–Crippen MR) is 130 cm³/mol. The molecule has 0 spiro atoms. The maximum atomic E-state index is 13.1. The third-order valence-corrected chi connectivity index (χ3v) is 5.70. The zero-order valence-corrected chi connectivity index (χ0v) is 20.4. The first-order valence-electron chi connectivity index (χ1n) is 11.7. The average Bonchev–Trinajstić information content (AvgIpc) is 3.04. The molecule has 2 aromatic rings. The number of ketones is 1. The Bertz CT molecular complexity index is 1100. The van der Waals surface area contributed by atoms with E-state index in [1.165, 1.54) is 11.0 Å². The maximum Gasteiger partial charge on any atom is 0.295 e. The molecule has 34 heavy (non-hydrogen) atoms. The van der Waals surface area contributed by atoms with Gasteiger partial charge in [0.2, 0.25) is 0 Å². The van der Waals surface area contributed by atoms with Crippen molar-refractivity contribution >= 4 is 17.4 Å². The van der Waals surface area contributed by atoms with Crippen LogP contribution in [0.4, 0.5) is 0 Å². The molecular formula is C27H33NO6. The number of likely N-dealkylation sites (tertiary alicyclic amines) is 1. The minimum atomic E-state index is -0.793. The molecule has 1 atom stereocenters. The van der Waals surface area contributed by atoms with E-state index >= 15 is 0 Å². The number of nitrogens with zero attached hydrogens (tertiary/aromatic N) is 1. The molecule has 1 amide bonds. The van der Waals surface area contributed by atoms with Crippen LogP contribution < -0.4 is 9.47 Å². The Morgan fingerprint density at radius 2 is 1.82 bits per heavy atom. The molecule has 1 unspecified atom stereocenters. The van der Waals surface area contributed by atoms with Crippen molar-refractivity contribution in [2.45, 2.75) is 59.6 Å². The number of aryl methyl sites for hydroxylation is 1. The SMILES string of the molecule is CCCCN1C(=O)C(=O)/C(=C(\O)c2ccc(OC(C)C)c(C)c2)C1c1ccc(O)c(OCC)c1. The van der Waals surface area contributed by atoms with Crippen LogP contribution in [0.5, 0.6) is 17.2 Å². The Kier molecular flexibility index (Phi) is 7.87. The number of aromatic hydroxyl groups is 1. The van der Waals surface area contributed by atoms with Crippen LogP contribution in [-0.4, -0.2) is 46.1 Å². The molecular weight excluding hydrogens is 434 g/mol. The second kappa shape index (κ2) is 10.6. The number of hydrogen-bond acceptors (Lipinski definition) is 6. The first kappa shape index (κ1) is 25.1. The van der Waals surface area contributed by atoms with E-state index in [9.17, 15) is 19.8 Å². The lowest BCUT2D eigenvalue weighted by molar-refractivity contribution is -0.139. The molecule has 2 N–H and O–H groups in total. The van der Waals surface area contributed by atoms with Gasteiger partial charge in [0.1, 0.15) is 11.5 Å². The number of Topliss-reactive ketones (excluding diaryl/α,β-unsaturated/α-hetero) is 1. The van der Waals surface area contributed by atoms with Crippen LogP contribution in [0.2, 0.25) is 0 Å². The number of hydrogen-bond donors (Lipinski definition) is 2. The third kappa shape index (κ3) is 5.03. The number of ether oxygens (including phenoxy) is 2. The second-order valence-electron chi connectivity index (χ2n) is 8.65. The highest BCUT2D eigenvalue weighted by Gasteiger charge is 2.46. The van der Waals surface area contributed by atoms with E-state index in [2.05, 4.69) is 0 Å². The van der Waals surface area contributed by atoms with Gasteiger partial charge in [-0.1, -0.05) is 19.4 Å². The van der Waals surface area contributed by atoms with Crippen LogP contribution in [0.3, 0.4) is 0 Å². The van der Waals surface area contributed by atoms with Crippen LogP contribution in [0.25, 0.3) is 5.76 Å². The first-order valence-corrected chi connectivity index (χ1v) is 11.7. The van der Waals surface area contributed by atoms with Crippen molar-refractivity contribution in [3.63, 3.8) is 0 Å². The smallest absolute Gasteiger partial charge is 0.295 e. The molecule has 3 rings (SSSR count). The summed E-state index contributed by atoms with van der Waals surface area (Å²) in [5.41, 5.74) is 1.83. The zero-order chi connectivity index (χ0) is 25.0. The standard InChI is InChI=1S/C27H33NO6/c1-6-8-13-28-24(18-9-11-20(29)22(15-18)33-7-2)23(26(31)27(28)32)25(30)19-10-12-21(17(5)14-19)34-16(3)4/h9-12,14-16,24,29-30H,6-8,13H2,1-5H3/b25-23-. The van der Waals surface area contributed by atoms with Gasteiger partial charge >= 0.3 is 0 Å². The van der Waals surface area contributed by atoms with E-state index < -0.39 is 17.7 Å². The molecule has 1 fully saturated rings. The third-order valence-electron chi connectivity index (χ3n) is 5.70. The molecule has 1 saturated heterocycles. The summed E-state index contributed by atoms with van der Waals surface area (Å²) in [5, 5.41) is 21.4. The monoisotopic (exact) mass is 467 g/mol. The Hall–Kier alpha value is -3.48. The van der Waals surface area contributed by atoms with Gasteiger partial charge in [-0.3, -0.25) is 9.59 Å². The highest BCUT2D eigenvalue weighted by Crippen LogP contribution is 2.42. The number of phenols is 1. The summed E-state index contributed by atoms with van der Waals surface area (Å²) in [7, 11) is 0. The van der Waals surface area contributed by atoms with Gasteiger partial charge in [0, 0.05) is 12.1 Å². The van der Waals surface area contributed by atoms with E-state index in [1.54, 1.807) is 37.3 Å². The van der Waals surface area contributed by atoms with Gasteiger partial charge in [0.15, 0.2) is 11.5 Å². The van der Waals surface area contributed by atoms with Gasteiger partial charge in [-0.05, 0) is 75.6 Å². The van der Waals surface area contributed by atoms with Crippen molar-refractivity contribution in [3.8, 4) is 17.2 Å². The summed E-state index contributed by atoms with van der Waals surface area (Å²) in [5.74, 6) is -0.717. The summed E-state index contributed by atoms with van der Waals surface area (Å²) < 4.78 is 11.3. The number of amides is 1. The number of carbonyl (C=O) groups excluding carboxylic acids is 2. The molecule has 1 heterocycles. The topological polar surface area (TPSA) is 96.3 Å². The summed E-state index contributed by atoms with van der Waals surface area (Å²) in [6, 6.07) is 9.12. The second-order valence-corrected chi connectivity index (χ2v) is 8.65. The van der Waals surface area contributed by atoms with Gasteiger partial charge in [0.25, 0.3) is 11.7 Å². The number of benzene rings is 2. The number of aliphatic hydroxyl groups excluding tert-OH is 1. The lowest BCUT2D eigenvalue weighted by Gasteiger charge is -2.25. The van der Waals surface area contributed by atoms with Crippen molar-refractivity contribution < 1.29 is 29.3 Å². The van der Waals surface area contributed by atoms with Crippen molar-refractivity contribution in [1.82, 2.24) is 4.90 Å². The van der Waals surface area contributed by atoms with Crippen LogP contribution in [0.15, 0.2) is 42.0 Å². The van der Waals surface area contributed by atoms with Crippen molar-refractivity contribution in [2.75, 3.05) is 13.2 Å². The summed E-state index contributed by atoms with van der Waals surface area (Å²) in [6.45, 7) is 10.2. The average molecular weight is 468 g/mol. The lowest BCUT2D eigenvalue weighted by atomic mass is 9.94. The van der Waals surface area contributed by atoms with Crippen molar-refractivity contribution in [2.24, 2.45) is 0 Å². The largest absolute Gasteiger partial charge is 0.507 e. The van der Waals surface area contributed by atoms with Crippen molar-refractivity contribution in [3.05, 3.63) is 58.7 Å². The number of phenolic OH excluding ortho intramolecular Hbond substituents is 1. The summed E-state index contributed by atoms with van der Waals surface area (Å²) >= 11 is 0. The van der Waals surface area contributed by atoms with Crippen LogP contribution >= 0.6 is 0 Å². The Labute approximate surface area is 200 Å². The number of aliphatic hydroxyl groups is 1. The molecule has 2 aromatic carbocycles. The van der Waals surface area contributed by atoms with E-state index in [0.717, 1.165) is 12.0 Å². The maximum absolute atomic E-state index is 13.1. The summed E-state index contributed by atoms with van der Waals surface area (Å²) in [6.07, 6.45) is 1.54. The van der Waals surface area contributed by atoms with Gasteiger partial charge in [-0.2, -0.15) is 0 Å². The molecule has 1 aliphatic heterocycles. The van der Waals surface area contributed by atoms with Crippen LogP contribution in [-0.2, 0) is 9.59 Å². The fraction of sp³-hybridized carbons (Fsp3) is 0.407. The van der Waals surface area contributed by atoms with Gasteiger partial charge in [-0.25, -0.2) is 0 Å². The van der Waals surface area contributed by atoms with E-state index in [4.69, 9.17) is 9.47 Å². The fourth-order valence-electron chi connectivity index (χ4n) is 4.10. The van der Waals surface area contributed by atoms with Gasteiger partial charge in [-0.15, -0.1) is 0 Å². The minimum absolute atomic E-state index is 0.00364. The highest BCUT2D eigenvalue weighted by atomic mass is 16.5. The predicted octanol–water partition coefficient (Wildman–Crippen LogP) is 5.11. The zero-order valence-electron chi connectivity index (χ0n) is 20.4. The molecule has 1 aliphatic rings. The van der Waals surface area contributed by atoms with Gasteiger partial charge < -0.3 is 24.6 Å². The van der Waals surface area contributed by atoms with Gasteiger partial charge in [0.05, 0.1) is 24.3 Å². The number of unbranched alkanes of at least 4 members (excludes halogenated alkanes) is 1.